The molecule has 0 radical (unpaired) electrons. The third-order valence-electron chi connectivity index (χ3n) is 6.24. The Labute approximate surface area is 136 Å². The van der Waals surface area contributed by atoms with Gasteiger partial charge in [0.2, 0.25) is 0 Å². The number of hydrogen-bond acceptors (Lipinski definition) is 4. The zero-order valence-corrected chi connectivity index (χ0v) is 14.3. The smallest absolute Gasteiger partial charge is 0.0324 e. The molecule has 0 aromatic carbocycles. The number of nitrogens with one attached hydrogen (secondary N) is 4. The highest BCUT2D eigenvalue weighted by molar-refractivity contribution is 4.92. The van der Waals surface area contributed by atoms with Crippen LogP contribution in [0.1, 0.15) is 89.9 Å². The average Bonchev–Trinajstić information content (AvgIpc) is 2.58. The van der Waals surface area contributed by atoms with Gasteiger partial charge in [0.15, 0.2) is 0 Å². The molecule has 128 valence electrons. The van der Waals surface area contributed by atoms with Crippen LogP contribution in [0.4, 0.5) is 0 Å². The summed E-state index contributed by atoms with van der Waals surface area (Å²) >= 11 is 0. The van der Waals surface area contributed by atoms with E-state index in [9.17, 15) is 0 Å². The van der Waals surface area contributed by atoms with E-state index in [-0.39, 0.29) is 0 Å². The van der Waals surface area contributed by atoms with E-state index < -0.39 is 0 Å². The van der Waals surface area contributed by atoms with Crippen LogP contribution >= 0.6 is 0 Å². The minimum Gasteiger partial charge on any atom is -0.257 e. The van der Waals surface area contributed by atoms with Gasteiger partial charge >= 0.3 is 0 Å². The van der Waals surface area contributed by atoms with Gasteiger partial charge in [0, 0.05) is 24.2 Å². The molecule has 0 amide bonds. The lowest BCUT2D eigenvalue weighted by Gasteiger charge is -2.41. The van der Waals surface area contributed by atoms with Gasteiger partial charge in [-0.2, -0.15) is 0 Å². The van der Waals surface area contributed by atoms with E-state index in [1.54, 1.807) is 0 Å². The summed E-state index contributed by atoms with van der Waals surface area (Å²) in [5.74, 6) is 0. The van der Waals surface area contributed by atoms with E-state index in [1.807, 2.05) is 0 Å². The molecule has 0 aromatic rings. The minimum atomic E-state index is 0.497. The van der Waals surface area contributed by atoms with Crippen molar-refractivity contribution in [1.82, 2.24) is 21.7 Å². The van der Waals surface area contributed by atoms with Gasteiger partial charge in [-0.3, -0.25) is 21.7 Å². The lowest BCUT2D eigenvalue weighted by Crippen LogP contribution is -2.57. The Bertz CT molecular complexity index is 236. The second-order valence-corrected chi connectivity index (χ2v) is 7.99. The number of hydrogen-bond donors (Lipinski definition) is 4. The van der Waals surface area contributed by atoms with Crippen molar-refractivity contribution in [3.63, 3.8) is 0 Å². The molecule has 0 atom stereocenters. The molecule has 4 N–H and O–H groups in total. The molecular formula is C18H36N4. The van der Waals surface area contributed by atoms with Gasteiger partial charge < -0.3 is 0 Å². The second-order valence-electron chi connectivity index (χ2n) is 7.99. The van der Waals surface area contributed by atoms with Crippen LogP contribution < -0.4 is 21.7 Å². The maximum absolute atomic E-state index is 3.48. The summed E-state index contributed by atoms with van der Waals surface area (Å²) in [7, 11) is 0. The van der Waals surface area contributed by atoms with Gasteiger partial charge in [0.25, 0.3) is 0 Å². The largest absolute Gasteiger partial charge is 0.257 e. The first-order valence-electron chi connectivity index (χ1n) is 9.83. The Kier molecular flexibility index (Phi) is 6.14. The predicted molar refractivity (Wildman–Crippen MR) is 92.4 cm³/mol. The molecule has 4 fully saturated rings. The third-order valence-corrected chi connectivity index (χ3v) is 6.24. The van der Waals surface area contributed by atoms with Crippen molar-refractivity contribution in [1.29, 1.82) is 0 Å². The van der Waals surface area contributed by atoms with Gasteiger partial charge in [0.1, 0.15) is 0 Å². The molecular weight excluding hydrogens is 272 g/mol. The fraction of sp³-hybridized carbons (Fsp3) is 1.00. The highest BCUT2D eigenvalue weighted by Gasteiger charge is 2.33. The fourth-order valence-corrected chi connectivity index (χ4v) is 4.86. The van der Waals surface area contributed by atoms with Gasteiger partial charge in [-0.05, 0) is 51.4 Å². The quantitative estimate of drug-likeness (QED) is 0.555. The monoisotopic (exact) mass is 308 g/mol. The van der Waals surface area contributed by atoms with Crippen molar-refractivity contribution in [2.24, 2.45) is 0 Å². The molecule has 2 saturated heterocycles. The first-order valence-corrected chi connectivity index (χ1v) is 9.83. The van der Waals surface area contributed by atoms with Crippen molar-refractivity contribution in [2.45, 2.75) is 101 Å². The summed E-state index contributed by atoms with van der Waals surface area (Å²) in [5.41, 5.74) is 14.6. The normalized spacial score (nSPS) is 30.5. The van der Waals surface area contributed by atoms with E-state index >= 15 is 0 Å². The first kappa shape index (κ1) is 16.7. The molecule has 0 aromatic heterocycles. The minimum absolute atomic E-state index is 0.497. The highest BCUT2D eigenvalue weighted by atomic mass is 15.4. The molecule has 2 saturated carbocycles. The molecule has 2 spiro atoms. The molecule has 2 aliphatic heterocycles. The zero-order valence-electron chi connectivity index (χ0n) is 14.3. The van der Waals surface area contributed by atoms with Crippen molar-refractivity contribution >= 4 is 0 Å². The Morgan fingerprint density at radius 1 is 0.409 bits per heavy atom. The van der Waals surface area contributed by atoms with Gasteiger partial charge in [-0.15, -0.1) is 0 Å². The standard InChI is InChI=1S/2C9H18N2/c2*1-2-5-9(6-3-1)7-4-8-10-11-9/h2*10-11H,1-8H2. The fourth-order valence-electron chi connectivity index (χ4n) is 4.86. The Hall–Kier alpha value is -0.160. The molecule has 2 aliphatic carbocycles. The van der Waals surface area contributed by atoms with Crippen LogP contribution in [0.2, 0.25) is 0 Å². The first-order chi connectivity index (χ1) is 10.8. The van der Waals surface area contributed by atoms with Crippen LogP contribution in [0.25, 0.3) is 0 Å². The summed E-state index contributed by atoms with van der Waals surface area (Å²) in [5, 5.41) is 0. The maximum atomic E-state index is 3.48. The van der Waals surface area contributed by atoms with E-state index in [0.29, 0.717) is 11.1 Å². The van der Waals surface area contributed by atoms with Crippen LogP contribution in [0.15, 0.2) is 0 Å². The molecule has 4 aliphatic rings. The molecule has 22 heavy (non-hydrogen) atoms. The molecule has 2 heterocycles. The summed E-state index contributed by atoms with van der Waals surface area (Å²) < 4.78 is 0. The van der Waals surface area contributed by atoms with Crippen LogP contribution in [0, 0.1) is 0 Å². The van der Waals surface area contributed by atoms with Crippen molar-refractivity contribution < 1.29 is 0 Å². The topological polar surface area (TPSA) is 48.1 Å². The molecule has 0 bridgehead atoms. The lowest BCUT2D eigenvalue weighted by atomic mass is 9.78. The third kappa shape index (κ3) is 4.44. The highest BCUT2D eigenvalue weighted by Crippen LogP contribution is 2.33. The predicted octanol–water partition coefficient (Wildman–Crippen LogP) is 3.15. The molecule has 4 nitrogen and oxygen atoms in total. The Morgan fingerprint density at radius 2 is 0.773 bits per heavy atom. The van der Waals surface area contributed by atoms with Crippen molar-refractivity contribution in [3.8, 4) is 0 Å². The number of hydrazine groups is 2. The number of rotatable bonds is 0. The van der Waals surface area contributed by atoms with Crippen LogP contribution in [0.3, 0.4) is 0 Å². The van der Waals surface area contributed by atoms with Crippen molar-refractivity contribution in [2.75, 3.05) is 13.1 Å². The van der Waals surface area contributed by atoms with E-state index in [4.69, 9.17) is 0 Å². The maximum Gasteiger partial charge on any atom is 0.0324 e. The Balaban J connectivity index is 0.000000131. The van der Waals surface area contributed by atoms with Gasteiger partial charge in [-0.1, -0.05) is 38.5 Å². The van der Waals surface area contributed by atoms with Crippen LogP contribution in [-0.2, 0) is 0 Å². The summed E-state index contributed by atoms with van der Waals surface area (Å²) in [6.07, 6.45) is 19.6. The zero-order chi connectivity index (χ0) is 15.1. The summed E-state index contributed by atoms with van der Waals surface area (Å²) in [4.78, 5) is 0. The lowest BCUT2D eigenvalue weighted by molar-refractivity contribution is 0.156. The summed E-state index contributed by atoms with van der Waals surface area (Å²) in [6, 6.07) is 0. The van der Waals surface area contributed by atoms with Crippen LogP contribution in [0.5, 0.6) is 0 Å². The van der Waals surface area contributed by atoms with Crippen LogP contribution in [-0.4, -0.2) is 24.2 Å². The molecule has 0 unspecified atom stereocenters. The Morgan fingerprint density at radius 3 is 1.09 bits per heavy atom. The van der Waals surface area contributed by atoms with Crippen molar-refractivity contribution in [3.05, 3.63) is 0 Å². The second kappa shape index (κ2) is 8.09. The average molecular weight is 309 g/mol. The van der Waals surface area contributed by atoms with E-state index in [1.165, 1.54) is 89.9 Å². The van der Waals surface area contributed by atoms with E-state index in [0.717, 1.165) is 13.1 Å². The van der Waals surface area contributed by atoms with E-state index in [2.05, 4.69) is 21.7 Å². The van der Waals surface area contributed by atoms with Gasteiger partial charge in [-0.25, -0.2) is 0 Å². The van der Waals surface area contributed by atoms with Gasteiger partial charge in [0.05, 0.1) is 0 Å². The molecule has 4 heteroatoms. The summed E-state index contributed by atoms with van der Waals surface area (Å²) in [6.45, 7) is 2.31. The SMILES string of the molecule is C1CCC2(CC1)CCCNN2.C1CCC2(CC1)CCCNN2. The molecule has 4 rings (SSSR count).